The predicted octanol–water partition coefficient (Wildman–Crippen LogP) is 3.48. The number of allylic oxidation sites excluding steroid dienone is 1. The topological polar surface area (TPSA) is 3.24 Å². The molecule has 0 aromatic heterocycles. The summed E-state index contributed by atoms with van der Waals surface area (Å²) in [6, 6.07) is 21.2. The highest BCUT2D eigenvalue weighted by Gasteiger charge is 2.09. The molecule has 0 aliphatic heterocycles. The van der Waals surface area contributed by atoms with Crippen LogP contribution in [0.1, 0.15) is 13.8 Å². The van der Waals surface area contributed by atoms with Crippen molar-refractivity contribution in [2.24, 2.45) is 0 Å². The van der Waals surface area contributed by atoms with Crippen molar-refractivity contribution in [2.75, 3.05) is 11.4 Å². The fourth-order valence-electron chi connectivity index (χ4n) is 1.94. The second kappa shape index (κ2) is 6.39. The first-order valence-corrected chi connectivity index (χ1v) is 7.69. The van der Waals surface area contributed by atoms with Gasteiger partial charge < -0.3 is 4.90 Å². The molecular weight excluding hydrogens is 246 g/mol. The Labute approximate surface area is 119 Å². The minimum absolute atomic E-state index is 0.962. The minimum Gasteiger partial charge on any atom is -0.337 e. The van der Waals surface area contributed by atoms with E-state index in [-0.39, 0.29) is 0 Å². The molecule has 2 rings (SSSR count). The fourth-order valence-corrected chi connectivity index (χ4v) is 2.10. The smallest absolute Gasteiger partial charge is 0.0437 e. The highest BCUT2D eigenvalue weighted by molar-refractivity contribution is 6.21. The highest BCUT2D eigenvalue weighted by Crippen LogP contribution is 2.26. The van der Waals surface area contributed by atoms with Crippen LogP contribution in [0.15, 0.2) is 71.4 Å². The number of para-hydroxylation sites is 2. The Balaban J connectivity index is 2.38. The van der Waals surface area contributed by atoms with Crippen LogP contribution < -0.4 is 4.90 Å². The molecule has 0 aliphatic carbocycles. The zero-order valence-electron chi connectivity index (χ0n) is 11.9. The lowest BCUT2D eigenvalue weighted by Crippen LogP contribution is -2.19. The Morgan fingerprint density at radius 3 is 1.63 bits per heavy atom. The molecule has 2 aromatic rings. The van der Waals surface area contributed by atoms with Gasteiger partial charge in [-0.25, -0.2) is 0 Å². The number of hydrogen-bond donors (Lipinski definition) is 0. The SMILES string of the molecule is CC([SiH3])=C(C)CN(c1ccccc1)c1ccccc1. The van der Waals surface area contributed by atoms with Crippen molar-refractivity contribution >= 4 is 21.6 Å². The van der Waals surface area contributed by atoms with Crippen molar-refractivity contribution in [3.8, 4) is 0 Å². The van der Waals surface area contributed by atoms with Crippen LogP contribution in [-0.2, 0) is 0 Å². The molecule has 0 radical (unpaired) electrons. The van der Waals surface area contributed by atoms with Gasteiger partial charge in [0, 0.05) is 28.2 Å². The fraction of sp³-hybridized carbons (Fsp3) is 0.176. The third-order valence-electron chi connectivity index (χ3n) is 3.38. The summed E-state index contributed by atoms with van der Waals surface area (Å²) in [4.78, 5) is 2.37. The number of hydrogen-bond acceptors (Lipinski definition) is 1. The molecule has 0 unspecified atom stereocenters. The van der Waals surface area contributed by atoms with E-state index in [9.17, 15) is 0 Å². The van der Waals surface area contributed by atoms with E-state index in [4.69, 9.17) is 0 Å². The maximum atomic E-state index is 2.37. The molecule has 0 atom stereocenters. The van der Waals surface area contributed by atoms with E-state index < -0.39 is 0 Å². The van der Waals surface area contributed by atoms with Crippen LogP contribution in [0.2, 0.25) is 0 Å². The van der Waals surface area contributed by atoms with Gasteiger partial charge in [-0.1, -0.05) is 47.2 Å². The molecule has 19 heavy (non-hydrogen) atoms. The zero-order valence-corrected chi connectivity index (χ0v) is 13.9. The van der Waals surface area contributed by atoms with Gasteiger partial charge in [0.1, 0.15) is 0 Å². The summed E-state index contributed by atoms with van der Waals surface area (Å²) < 4.78 is 0. The molecule has 2 heteroatoms. The van der Waals surface area contributed by atoms with E-state index in [1.165, 1.54) is 22.1 Å². The van der Waals surface area contributed by atoms with E-state index in [2.05, 4.69) is 79.4 Å². The third kappa shape index (κ3) is 3.58. The quantitative estimate of drug-likeness (QED) is 0.767. The second-order valence-corrected chi connectivity index (χ2v) is 6.54. The van der Waals surface area contributed by atoms with Gasteiger partial charge >= 0.3 is 0 Å². The number of benzene rings is 2. The van der Waals surface area contributed by atoms with Crippen LogP contribution in [0, 0.1) is 0 Å². The maximum absolute atomic E-state index is 2.37. The summed E-state index contributed by atoms with van der Waals surface area (Å²) in [5.74, 6) is 0. The molecule has 0 fully saturated rings. The van der Waals surface area contributed by atoms with Gasteiger partial charge in [-0.2, -0.15) is 0 Å². The molecule has 0 saturated heterocycles. The van der Waals surface area contributed by atoms with Gasteiger partial charge in [0.15, 0.2) is 0 Å². The van der Waals surface area contributed by atoms with Gasteiger partial charge in [-0.15, -0.1) is 0 Å². The molecule has 0 N–H and O–H groups in total. The van der Waals surface area contributed by atoms with Crippen LogP contribution in [0.3, 0.4) is 0 Å². The van der Waals surface area contributed by atoms with Crippen LogP contribution in [0.25, 0.3) is 0 Å². The van der Waals surface area contributed by atoms with E-state index >= 15 is 0 Å². The number of nitrogens with zero attached hydrogens (tertiary/aromatic N) is 1. The average Bonchev–Trinajstić information content (AvgIpc) is 2.46. The minimum atomic E-state index is 0.962. The standard InChI is InChI=1S/C17H21NSi/c1-14(15(2)19)13-18(16-9-5-3-6-10-16)17-11-7-4-8-12-17/h3-12H,13H2,1-2,19H3. The maximum Gasteiger partial charge on any atom is 0.0437 e. The van der Waals surface area contributed by atoms with Crippen LogP contribution in [-0.4, -0.2) is 16.8 Å². The van der Waals surface area contributed by atoms with Gasteiger partial charge in [-0.05, 0) is 38.1 Å². The Kier molecular flexibility index (Phi) is 4.58. The molecule has 0 saturated carbocycles. The molecular formula is C17H21NSi. The number of anilines is 2. The van der Waals surface area contributed by atoms with E-state index in [1.54, 1.807) is 0 Å². The van der Waals surface area contributed by atoms with Crippen molar-refractivity contribution < 1.29 is 0 Å². The molecule has 0 aliphatic rings. The highest BCUT2D eigenvalue weighted by atomic mass is 28.1. The van der Waals surface area contributed by atoms with Crippen molar-refractivity contribution in [1.29, 1.82) is 0 Å². The molecule has 98 valence electrons. The first-order valence-electron chi connectivity index (χ1n) is 6.69. The van der Waals surface area contributed by atoms with Crippen molar-refractivity contribution in [2.45, 2.75) is 13.8 Å². The first kappa shape index (κ1) is 13.6. The van der Waals surface area contributed by atoms with Crippen LogP contribution >= 0.6 is 0 Å². The van der Waals surface area contributed by atoms with Gasteiger partial charge in [0.25, 0.3) is 0 Å². The van der Waals surface area contributed by atoms with Crippen molar-refractivity contribution in [1.82, 2.24) is 0 Å². The van der Waals surface area contributed by atoms with Crippen molar-refractivity contribution in [3.63, 3.8) is 0 Å². The van der Waals surface area contributed by atoms with Crippen LogP contribution in [0.5, 0.6) is 0 Å². The third-order valence-corrected chi connectivity index (χ3v) is 4.24. The van der Waals surface area contributed by atoms with Crippen LogP contribution in [0.4, 0.5) is 11.4 Å². The Bertz CT molecular complexity index is 502. The average molecular weight is 267 g/mol. The Hall–Kier alpha value is -1.80. The molecule has 0 amide bonds. The lowest BCUT2D eigenvalue weighted by atomic mass is 10.2. The predicted molar refractivity (Wildman–Crippen MR) is 88.2 cm³/mol. The first-order chi connectivity index (χ1) is 9.18. The molecule has 0 heterocycles. The molecule has 0 spiro atoms. The van der Waals surface area contributed by atoms with Gasteiger partial charge in [0.2, 0.25) is 0 Å². The molecule has 2 aromatic carbocycles. The second-order valence-electron chi connectivity index (χ2n) is 5.04. The van der Waals surface area contributed by atoms with E-state index in [0.717, 1.165) is 16.8 Å². The zero-order chi connectivity index (χ0) is 13.7. The Morgan fingerprint density at radius 2 is 1.26 bits per heavy atom. The van der Waals surface area contributed by atoms with Gasteiger partial charge in [-0.3, -0.25) is 0 Å². The largest absolute Gasteiger partial charge is 0.337 e. The normalized spacial score (nSPS) is 12.1. The number of rotatable bonds is 4. The summed E-state index contributed by atoms with van der Waals surface area (Å²) in [6.07, 6.45) is 0. The summed E-state index contributed by atoms with van der Waals surface area (Å²) in [5, 5.41) is 1.52. The summed E-state index contributed by atoms with van der Waals surface area (Å²) in [5.41, 5.74) is 3.96. The lowest BCUT2D eigenvalue weighted by molar-refractivity contribution is 1.03. The van der Waals surface area contributed by atoms with Gasteiger partial charge in [0.05, 0.1) is 0 Å². The monoisotopic (exact) mass is 267 g/mol. The summed E-state index contributed by atoms with van der Waals surface area (Å²) >= 11 is 0. The van der Waals surface area contributed by atoms with E-state index in [1.807, 2.05) is 0 Å². The van der Waals surface area contributed by atoms with Crippen molar-refractivity contribution in [3.05, 3.63) is 71.4 Å². The molecule has 0 bridgehead atoms. The summed E-state index contributed by atoms with van der Waals surface area (Å²) in [6.45, 7) is 5.43. The molecule has 1 nitrogen and oxygen atoms in total. The summed E-state index contributed by atoms with van der Waals surface area (Å²) in [7, 11) is 1.14. The lowest BCUT2D eigenvalue weighted by Gasteiger charge is -2.26. The van der Waals surface area contributed by atoms with E-state index in [0.29, 0.717) is 0 Å². The Morgan fingerprint density at radius 1 is 0.842 bits per heavy atom.